The van der Waals surface area contributed by atoms with Gasteiger partial charge in [0.05, 0.1) is 19.8 Å². The Morgan fingerprint density at radius 2 is 1.91 bits per heavy atom. The average Bonchev–Trinajstić information content (AvgIpc) is 2.41. The summed E-state index contributed by atoms with van der Waals surface area (Å²) >= 11 is 0. The summed E-state index contributed by atoms with van der Waals surface area (Å²) in [6.45, 7) is 0.718. The van der Waals surface area contributed by atoms with Gasteiger partial charge in [0.1, 0.15) is 0 Å². The minimum absolute atomic E-state index is 0.278. The van der Waals surface area contributed by atoms with E-state index in [4.69, 9.17) is 5.11 Å². The predicted octanol–water partition coefficient (Wildman–Crippen LogP) is -0.547. The molecule has 1 fully saturated rings. The number of nitrogens with two attached hydrogens (primary N) is 1. The van der Waals surface area contributed by atoms with Crippen LogP contribution in [0.2, 0.25) is 0 Å². The van der Waals surface area contributed by atoms with Crippen LogP contribution in [0.3, 0.4) is 0 Å². The van der Waals surface area contributed by atoms with Gasteiger partial charge in [0.2, 0.25) is 0 Å². The maximum atomic E-state index is 9.98. The van der Waals surface area contributed by atoms with E-state index in [1.54, 1.807) is 0 Å². The summed E-state index contributed by atoms with van der Waals surface area (Å²) in [5.41, 5.74) is 4.57. The summed E-state index contributed by atoms with van der Waals surface area (Å²) in [6.07, 6.45) is 0. The smallest absolute Gasteiger partial charge is 0.319 e. The predicted molar refractivity (Wildman–Crippen MR) is 37.6 cm³/mol. The van der Waals surface area contributed by atoms with E-state index in [1.807, 2.05) is 0 Å². The summed E-state index contributed by atoms with van der Waals surface area (Å²) in [5, 5.41) is 7.60. The Labute approximate surface area is 64.2 Å². The van der Waals surface area contributed by atoms with Crippen LogP contribution in [-0.4, -0.2) is 30.8 Å². The van der Waals surface area contributed by atoms with Crippen LogP contribution >= 0.6 is 8.25 Å². The van der Waals surface area contributed by atoms with Gasteiger partial charge >= 0.3 is 14.2 Å². The molecular formula is C4H10NO5P. The molecule has 0 bridgehead atoms. The van der Waals surface area contributed by atoms with Crippen molar-refractivity contribution < 1.29 is 23.5 Å². The molecule has 0 aromatic carbocycles. The number of carboxylic acids is 1. The summed E-state index contributed by atoms with van der Waals surface area (Å²) in [7, 11) is -2.01. The molecule has 0 atom stereocenters. The molecule has 0 spiro atoms. The minimum Gasteiger partial charge on any atom is -0.480 e. The topological polar surface area (TPSA) is 98.9 Å². The zero-order valence-corrected chi connectivity index (χ0v) is 6.78. The van der Waals surface area contributed by atoms with Crippen molar-refractivity contribution in [2.24, 2.45) is 5.73 Å². The van der Waals surface area contributed by atoms with Gasteiger partial charge in [-0.2, -0.15) is 0 Å². The quantitative estimate of drug-likeness (QED) is 0.529. The molecule has 6 nitrogen and oxygen atoms in total. The number of hydrogen-bond acceptors (Lipinski definition) is 5. The number of carbonyl (C=O) groups is 1. The second-order valence-electron chi connectivity index (χ2n) is 1.54. The van der Waals surface area contributed by atoms with Crippen LogP contribution in [0.1, 0.15) is 0 Å². The Morgan fingerprint density at radius 3 is 2.00 bits per heavy atom. The molecule has 1 aliphatic rings. The van der Waals surface area contributed by atoms with E-state index < -0.39 is 14.2 Å². The molecule has 0 unspecified atom stereocenters. The number of hydrogen-bond donors (Lipinski definition) is 2. The number of carboxylic acid groups (broad SMARTS) is 1. The molecule has 0 aliphatic carbocycles. The zero-order valence-electron chi connectivity index (χ0n) is 5.78. The van der Waals surface area contributed by atoms with E-state index in [1.165, 1.54) is 0 Å². The molecule has 1 saturated heterocycles. The number of rotatable bonds is 1. The molecule has 3 N–H and O–H groups in total. The van der Waals surface area contributed by atoms with Gasteiger partial charge in [0.25, 0.3) is 0 Å². The first-order valence-corrected chi connectivity index (χ1v) is 4.10. The van der Waals surface area contributed by atoms with Gasteiger partial charge in [-0.05, 0) is 0 Å². The lowest BCUT2D eigenvalue weighted by Crippen LogP contribution is -2.10. The molecule has 1 aliphatic heterocycles. The molecule has 7 heteroatoms. The van der Waals surface area contributed by atoms with Crippen molar-refractivity contribution in [2.45, 2.75) is 0 Å². The van der Waals surface area contributed by atoms with E-state index in [2.05, 4.69) is 14.8 Å². The lowest BCUT2D eigenvalue weighted by Gasteiger charge is -1.78. The van der Waals surface area contributed by atoms with Crippen molar-refractivity contribution in [3.05, 3.63) is 0 Å². The molecule has 11 heavy (non-hydrogen) atoms. The van der Waals surface area contributed by atoms with Crippen LogP contribution < -0.4 is 5.73 Å². The maximum absolute atomic E-state index is 9.98. The third-order valence-corrected chi connectivity index (χ3v) is 1.58. The lowest BCUT2D eigenvalue weighted by atomic mass is 10.7. The van der Waals surface area contributed by atoms with E-state index in [9.17, 15) is 9.36 Å². The van der Waals surface area contributed by atoms with Gasteiger partial charge in [-0.15, -0.1) is 0 Å². The van der Waals surface area contributed by atoms with Gasteiger partial charge in [-0.3, -0.25) is 9.36 Å². The molecule has 0 aromatic rings. The van der Waals surface area contributed by atoms with E-state index in [-0.39, 0.29) is 6.54 Å². The van der Waals surface area contributed by atoms with Crippen LogP contribution in [0.25, 0.3) is 0 Å². The first-order valence-electron chi connectivity index (χ1n) is 2.88. The average molecular weight is 183 g/mol. The summed E-state index contributed by atoms with van der Waals surface area (Å²) < 4.78 is 18.9. The zero-order chi connectivity index (χ0) is 8.69. The highest BCUT2D eigenvalue weighted by Gasteiger charge is 2.05. The van der Waals surface area contributed by atoms with E-state index >= 15 is 0 Å². The van der Waals surface area contributed by atoms with E-state index in [0.717, 1.165) is 0 Å². The highest BCUT2D eigenvalue weighted by molar-refractivity contribution is 7.33. The SMILES string of the molecule is NCC(=O)O.O=[PH]1OCCO1. The molecule has 0 radical (unpaired) electrons. The molecule has 0 amide bonds. The second kappa shape index (κ2) is 6.30. The molecule has 0 aromatic heterocycles. The fourth-order valence-corrected chi connectivity index (χ4v) is 0.875. The highest BCUT2D eigenvalue weighted by atomic mass is 31.1. The first-order chi connectivity index (χ1) is 5.16. The van der Waals surface area contributed by atoms with Gasteiger partial charge in [0.15, 0.2) is 0 Å². The summed E-state index contributed by atoms with van der Waals surface area (Å²) in [5.74, 6) is -0.968. The third-order valence-electron chi connectivity index (χ3n) is 0.698. The second-order valence-corrected chi connectivity index (χ2v) is 2.62. The van der Waals surface area contributed by atoms with Crippen LogP contribution in [0.4, 0.5) is 0 Å². The van der Waals surface area contributed by atoms with Gasteiger partial charge in [-0.1, -0.05) is 0 Å². The Kier molecular flexibility index (Phi) is 6.06. The van der Waals surface area contributed by atoms with Gasteiger partial charge in [-0.25, -0.2) is 0 Å². The van der Waals surface area contributed by atoms with Crippen LogP contribution in [0.15, 0.2) is 0 Å². The molecule has 66 valence electrons. The Morgan fingerprint density at radius 1 is 1.55 bits per heavy atom. The fourth-order valence-electron chi connectivity index (χ4n) is 0.292. The Bertz CT molecular complexity index is 141. The van der Waals surface area contributed by atoms with Crippen molar-refractivity contribution in [1.82, 2.24) is 0 Å². The first kappa shape index (κ1) is 10.6. The third kappa shape index (κ3) is 7.48. The standard InChI is InChI=1S/C2H5NO2.C2H5O3P/c3-1-2(4)5;3-6-4-1-2-5-6/h1,3H2,(H,4,5);6H,1-2H2. The van der Waals surface area contributed by atoms with Gasteiger partial charge < -0.3 is 19.9 Å². The molecule has 0 saturated carbocycles. The highest BCUT2D eigenvalue weighted by Crippen LogP contribution is 2.27. The van der Waals surface area contributed by atoms with Crippen molar-refractivity contribution in [3.8, 4) is 0 Å². The Balaban J connectivity index is 0.000000187. The van der Waals surface area contributed by atoms with Crippen molar-refractivity contribution in [2.75, 3.05) is 19.8 Å². The largest absolute Gasteiger partial charge is 0.480 e. The van der Waals surface area contributed by atoms with Crippen LogP contribution in [-0.2, 0) is 18.4 Å². The van der Waals surface area contributed by atoms with Crippen molar-refractivity contribution >= 4 is 14.2 Å². The molecular weight excluding hydrogens is 173 g/mol. The van der Waals surface area contributed by atoms with E-state index in [0.29, 0.717) is 13.2 Å². The minimum atomic E-state index is -2.01. The normalized spacial score (nSPS) is 17.2. The molecule has 1 heterocycles. The lowest BCUT2D eigenvalue weighted by molar-refractivity contribution is -0.135. The van der Waals surface area contributed by atoms with Crippen LogP contribution in [0.5, 0.6) is 0 Å². The molecule has 1 rings (SSSR count). The van der Waals surface area contributed by atoms with Crippen molar-refractivity contribution in [1.29, 1.82) is 0 Å². The van der Waals surface area contributed by atoms with Gasteiger partial charge in [0, 0.05) is 0 Å². The fraction of sp³-hybridized carbons (Fsp3) is 0.750. The summed E-state index contributed by atoms with van der Waals surface area (Å²) in [6, 6.07) is 0. The maximum Gasteiger partial charge on any atom is 0.319 e. The Hall–Kier alpha value is -0.420. The monoisotopic (exact) mass is 183 g/mol. The summed E-state index contributed by atoms with van der Waals surface area (Å²) in [4.78, 5) is 9.24. The number of aliphatic carboxylic acids is 1. The van der Waals surface area contributed by atoms with Crippen LogP contribution in [0, 0.1) is 0 Å². The van der Waals surface area contributed by atoms with Crippen molar-refractivity contribution in [3.63, 3.8) is 0 Å².